The molecule has 0 aliphatic carbocycles. The SMILES string of the molecule is O=[P+]([O-])P(C1=NN1P(=O)(O)O)P(=O)(O)P(=O)(O)O. The molecular formula is CH5N2O10P5. The summed E-state index contributed by atoms with van der Waals surface area (Å²) < 4.78 is 43.4. The van der Waals surface area contributed by atoms with Crippen LogP contribution in [0.15, 0.2) is 5.10 Å². The first kappa shape index (κ1) is 16.5. The van der Waals surface area contributed by atoms with E-state index in [9.17, 15) is 23.2 Å². The highest BCUT2D eigenvalue weighted by Crippen LogP contribution is 2.98. The maximum atomic E-state index is 11.4. The monoisotopic (exact) mass is 360 g/mol. The Bertz CT molecular complexity index is 553. The van der Waals surface area contributed by atoms with E-state index in [2.05, 4.69) is 5.10 Å². The Morgan fingerprint density at radius 3 is 1.83 bits per heavy atom. The molecule has 0 aromatic heterocycles. The summed E-state index contributed by atoms with van der Waals surface area (Å²) in [6, 6.07) is 0. The third kappa shape index (κ3) is 3.12. The third-order valence-corrected chi connectivity index (χ3v) is 18.5. The van der Waals surface area contributed by atoms with Gasteiger partial charge >= 0.3 is 36.8 Å². The van der Waals surface area contributed by atoms with E-state index in [0.717, 1.165) is 0 Å². The number of amidine groups is 1. The summed E-state index contributed by atoms with van der Waals surface area (Å²) in [6.07, 6.45) is 0. The van der Waals surface area contributed by atoms with Gasteiger partial charge in [-0.3, -0.25) is 4.57 Å². The Morgan fingerprint density at radius 1 is 1.17 bits per heavy atom. The van der Waals surface area contributed by atoms with E-state index in [4.69, 9.17) is 24.5 Å². The van der Waals surface area contributed by atoms with Gasteiger partial charge in [0.15, 0.2) is 0 Å². The first-order valence-electron chi connectivity index (χ1n) is 3.58. The summed E-state index contributed by atoms with van der Waals surface area (Å²) in [4.78, 5) is 54.3. The van der Waals surface area contributed by atoms with Gasteiger partial charge in [-0.25, -0.2) is 9.13 Å². The molecule has 3 atom stereocenters. The average molecular weight is 360 g/mol. The van der Waals surface area contributed by atoms with Crippen LogP contribution in [0.3, 0.4) is 0 Å². The predicted molar refractivity (Wildman–Crippen MR) is 57.7 cm³/mol. The molecule has 0 bridgehead atoms. The zero-order chi connectivity index (χ0) is 14.5. The molecule has 1 aliphatic rings. The lowest BCUT2D eigenvalue weighted by molar-refractivity contribution is -0.158. The maximum Gasteiger partial charge on any atom is 0.452 e. The van der Waals surface area contributed by atoms with Gasteiger partial charge in [0.2, 0.25) is 5.58 Å². The third-order valence-electron chi connectivity index (χ3n) is 1.49. The first-order chi connectivity index (χ1) is 7.80. The summed E-state index contributed by atoms with van der Waals surface area (Å²) in [7, 11) is -17.9. The van der Waals surface area contributed by atoms with Crippen LogP contribution in [-0.4, -0.2) is 34.8 Å². The van der Waals surface area contributed by atoms with Gasteiger partial charge in [0.25, 0.3) is 0 Å². The summed E-state index contributed by atoms with van der Waals surface area (Å²) in [6.45, 7) is -5.52. The summed E-state index contributed by atoms with van der Waals surface area (Å²) >= 11 is 0. The van der Waals surface area contributed by atoms with Crippen molar-refractivity contribution in [3.05, 3.63) is 0 Å². The van der Waals surface area contributed by atoms with E-state index in [1.165, 1.54) is 0 Å². The number of hydrazone groups is 1. The molecule has 17 heteroatoms. The lowest BCUT2D eigenvalue weighted by atomic mass is 11.5. The van der Waals surface area contributed by atoms with Crippen molar-refractivity contribution < 1.29 is 47.6 Å². The van der Waals surface area contributed by atoms with Crippen LogP contribution >= 0.6 is 36.8 Å². The predicted octanol–water partition coefficient (Wildman–Crippen LogP) is -0.557. The van der Waals surface area contributed by atoms with Gasteiger partial charge < -0.3 is 29.4 Å². The zero-order valence-corrected chi connectivity index (χ0v) is 12.4. The van der Waals surface area contributed by atoms with E-state index in [0.29, 0.717) is 0 Å². The number of rotatable bonds is 5. The molecule has 1 aliphatic heterocycles. The molecule has 0 radical (unpaired) electrons. The second-order valence-corrected chi connectivity index (χ2v) is 17.8. The van der Waals surface area contributed by atoms with Gasteiger partial charge in [0.05, 0.1) is 0 Å². The Labute approximate surface area is 100 Å². The topological polar surface area (TPSA) is 208 Å². The minimum Gasteiger partial charge on any atom is -0.593 e. The first-order valence-corrected chi connectivity index (χ1v) is 13.1. The minimum absolute atomic E-state index is 0.150. The summed E-state index contributed by atoms with van der Waals surface area (Å²) in [5.74, 6) is 0. The van der Waals surface area contributed by atoms with Crippen molar-refractivity contribution in [2.24, 2.45) is 5.10 Å². The Hall–Kier alpha value is 0.450. The minimum atomic E-state index is -5.68. The molecule has 0 amide bonds. The van der Waals surface area contributed by atoms with Crippen molar-refractivity contribution in [1.29, 1.82) is 0 Å². The molecule has 0 saturated carbocycles. The van der Waals surface area contributed by atoms with Crippen molar-refractivity contribution in [2.75, 3.05) is 0 Å². The molecule has 0 saturated heterocycles. The molecule has 18 heavy (non-hydrogen) atoms. The fourth-order valence-corrected chi connectivity index (χ4v) is 15.5. The van der Waals surface area contributed by atoms with Gasteiger partial charge in [0, 0.05) is 0 Å². The Kier molecular flexibility index (Phi) is 4.38. The molecule has 0 spiro atoms. The molecule has 1 rings (SSSR count). The molecule has 3 unspecified atom stereocenters. The van der Waals surface area contributed by atoms with Crippen molar-refractivity contribution in [1.82, 2.24) is 4.78 Å². The van der Waals surface area contributed by atoms with Crippen molar-refractivity contribution in [2.45, 2.75) is 0 Å². The quantitative estimate of drug-likeness (QED) is 0.393. The fourth-order valence-electron chi connectivity index (χ4n) is 0.752. The Morgan fingerprint density at radius 2 is 1.61 bits per heavy atom. The molecule has 12 nitrogen and oxygen atoms in total. The molecule has 1 heterocycles. The molecule has 0 aromatic rings. The van der Waals surface area contributed by atoms with Gasteiger partial charge in [-0.1, -0.05) is 4.57 Å². The van der Waals surface area contributed by atoms with Crippen LogP contribution < -0.4 is 4.89 Å². The van der Waals surface area contributed by atoms with E-state index < -0.39 is 42.4 Å². The van der Waals surface area contributed by atoms with Gasteiger partial charge in [-0.15, -0.1) is 9.88 Å². The van der Waals surface area contributed by atoms with Crippen LogP contribution in [0.2, 0.25) is 0 Å². The van der Waals surface area contributed by atoms with Crippen LogP contribution in [0.4, 0.5) is 0 Å². The number of hydrogen-bond donors (Lipinski definition) is 5. The smallest absolute Gasteiger partial charge is 0.452 e. The van der Waals surface area contributed by atoms with E-state index >= 15 is 0 Å². The second kappa shape index (κ2) is 4.77. The van der Waals surface area contributed by atoms with Gasteiger partial charge in [-0.05, 0) is 0 Å². The van der Waals surface area contributed by atoms with Gasteiger partial charge in [-0.2, -0.15) is 0 Å². The highest BCUT2D eigenvalue weighted by molar-refractivity contribution is 8.78. The van der Waals surface area contributed by atoms with Crippen molar-refractivity contribution in [3.8, 4) is 0 Å². The van der Waals surface area contributed by atoms with Crippen LogP contribution in [-0.2, 0) is 18.3 Å². The van der Waals surface area contributed by atoms with E-state index in [-0.39, 0.29) is 4.78 Å². The van der Waals surface area contributed by atoms with Crippen LogP contribution in [0.25, 0.3) is 0 Å². The van der Waals surface area contributed by atoms with Crippen LogP contribution in [0.1, 0.15) is 0 Å². The van der Waals surface area contributed by atoms with Crippen LogP contribution in [0.5, 0.6) is 0 Å². The van der Waals surface area contributed by atoms with Gasteiger partial charge in [0.1, 0.15) is 0 Å². The number of hydrogen-bond acceptors (Lipinski definition) is 6. The fraction of sp³-hybridized carbons (Fsp3) is 0. The normalized spacial score (nSPS) is 22.0. The summed E-state index contributed by atoms with van der Waals surface area (Å²) in [5.41, 5.74) is -0.997. The van der Waals surface area contributed by atoms with Crippen molar-refractivity contribution in [3.63, 3.8) is 0 Å². The van der Waals surface area contributed by atoms with Crippen molar-refractivity contribution >= 4 is 42.4 Å². The zero-order valence-electron chi connectivity index (χ0n) is 7.91. The molecular weight excluding hydrogens is 355 g/mol. The lowest BCUT2D eigenvalue weighted by Crippen LogP contribution is -2.02. The standard InChI is InChI=1S/CH5N2O10P5/c4-15(5)14(18(12,13)17(9,10)11)1-2-3(1)16(6,7)8/h(H,12,13)(H2,6,7,8)(H2,9,10,11). The maximum absolute atomic E-state index is 11.4. The molecule has 0 fully saturated rings. The van der Waals surface area contributed by atoms with E-state index in [1.54, 1.807) is 0 Å². The second-order valence-electron chi connectivity index (χ2n) is 2.76. The molecule has 104 valence electrons. The largest absolute Gasteiger partial charge is 0.593 e. The Balaban J connectivity index is 3.15. The molecule has 0 aromatic carbocycles. The summed E-state index contributed by atoms with van der Waals surface area (Å²) in [5, 5.41) is 2.88. The number of nitrogens with zero attached hydrogens (tertiary/aromatic N) is 2. The van der Waals surface area contributed by atoms with Crippen LogP contribution in [0, 0.1) is 0 Å². The highest BCUT2D eigenvalue weighted by atomic mass is 32.7. The highest BCUT2D eigenvalue weighted by Gasteiger charge is 2.65. The lowest BCUT2D eigenvalue weighted by Gasteiger charge is -2.13. The van der Waals surface area contributed by atoms with E-state index in [1.807, 2.05) is 0 Å². The average Bonchev–Trinajstić information content (AvgIpc) is 2.78. The molecule has 5 N–H and O–H groups in total.